The fourth-order valence-electron chi connectivity index (χ4n) is 2.53. The van der Waals surface area contributed by atoms with E-state index in [0.29, 0.717) is 13.1 Å². The molecule has 2 amide bonds. The van der Waals surface area contributed by atoms with Crippen LogP contribution in [-0.2, 0) is 9.59 Å². The molecule has 1 aliphatic heterocycles. The van der Waals surface area contributed by atoms with Crippen LogP contribution >= 0.6 is 0 Å². The Morgan fingerprint density at radius 3 is 2.68 bits per heavy atom. The molecule has 1 saturated heterocycles. The van der Waals surface area contributed by atoms with Crippen molar-refractivity contribution in [2.45, 2.75) is 25.7 Å². The number of likely N-dealkylation sites (tertiary alicyclic amines) is 1. The standard InChI is InChI=1S/C14H16N4O4/c1-9-8-11(22-16-9)10-2-5-18(6-3-10)14(20)13(19)15-12-4-7-21-17-12/h4,7-8,10H,2-3,5-6H2,1H3,(H,15,17,19). The third kappa shape index (κ3) is 3.00. The van der Waals surface area contributed by atoms with Gasteiger partial charge in [0.25, 0.3) is 0 Å². The third-order valence-electron chi connectivity index (χ3n) is 3.70. The molecule has 1 fully saturated rings. The van der Waals surface area contributed by atoms with Gasteiger partial charge in [-0.3, -0.25) is 14.9 Å². The molecule has 8 heteroatoms. The van der Waals surface area contributed by atoms with E-state index in [-0.39, 0.29) is 11.7 Å². The molecule has 0 bridgehead atoms. The van der Waals surface area contributed by atoms with Crippen LogP contribution in [0.25, 0.3) is 0 Å². The first-order chi connectivity index (χ1) is 10.6. The zero-order valence-electron chi connectivity index (χ0n) is 12.1. The van der Waals surface area contributed by atoms with Gasteiger partial charge in [0.05, 0.1) is 5.69 Å². The minimum atomic E-state index is -0.706. The molecule has 0 aromatic carbocycles. The summed E-state index contributed by atoms with van der Waals surface area (Å²) in [5.41, 5.74) is 0.848. The zero-order valence-corrected chi connectivity index (χ0v) is 12.1. The third-order valence-corrected chi connectivity index (χ3v) is 3.70. The SMILES string of the molecule is Cc1cc(C2CCN(C(=O)C(=O)Nc3ccon3)CC2)on1. The van der Waals surface area contributed by atoms with Crippen molar-refractivity contribution in [2.24, 2.45) is 0 Å². The van der Waals surface area contributed by atoms with Gasteiger partial charge in [-0.15, -0.1) is 0 Å². The van der Waals surface area contributed by atoms with E-state index in [9.17, 15) is 9.59 Å². The van der Waals surface area contributed by atoms with E-state index in [0.717, 1.165) is 24.3 Å². The van der Waals surface area contributed by atoms with Gasteiger partial charge in [0.1, 0.15) is 12.0 Å². The number of aryl methyl sites for hydroxylation is 1. The first-order valence-electron chi connectivity index (χ1n) is 7.07. The van der Waals surface area contributed by atoms with Gasteiger partial charge in [0, 0.05) is 31.1 Å². The Morgan fingerprint density at radius 1 is 1.32 bits per heavy atom. The lowest BCUT2D eigenvalue weighted by Gasteiger charge is -2.30. The quantitative estimate of drug-likeness (QED) is 0.839. The lowest BCUT2D eigenvalue weighted by Crippen LogP contribution is -2.43. The minimum Gasteiger partial charge on any atom is -0.363 e. The van der Waals surface area contributed by atoms with Crippen LogP contribution in [0.4, 0.5) is 5.82 Å². The van der Waals surface area contributed by atoms with Crippen LogP contribution in [0.15, 0.2) is 27.4 Å². The van der Waals surface area contributed by atoms with E-state index >= 15 is 0 Å². The number of hydrogen-bond donors (Lipinski definition) is 1. The number of aromatic nitrogens is 2. The molecule has 0 spiro atoms. The maximum absolute atomic E-state index is 12.1. The maximum Gasteiger partial charge on any atom is 0.315 e. The lowest BCUT2D eigenvalue weighted by atomic mass is 9.94. The summed E-state index contributed by atoms with van der Waals surface area (Å²) in [7, 11) is 0. The molecule has 0 atom stereocenters. The van der Waals surface area contributed by atoms with E-state index in [4.69, 9.17) is 4.52 Å². The molecule has 1 N–H and O–H groups in total. The first kappa shape index (κ1) is 14.3. The Balaban J connectivity index is 1.54. The monoisotopic (exact) mass is 304 g/mol. The van der Waals surface area contributed by atoms with Gasteiger partial charge < -0.3 is 13.9 Å². The van der Waals surface area contributed by atoms with Crippen LogP contribution in [0.5, 0.6) is 0 Å². The Kier molecular flexibility index (Phi) is 3.90. The summed E-state index contributed by atoms with van der Waals surface area (Å²) >= 11 is 0. The Labute approximate surface area is 126 Å². The van der Waals surface area contributed by atoms with Crippen molar-refractivity contribution in [1.29, 1.82) is 0 Å². The van der Waals surface area contributed by atoms with Gasteiger partial charge in [0.15, 0.2) is 5.82 Å². The lowest BCUT2D eigenvalue weighted by molar-refractivity contribution is -0.143. The van der Waals surface area contributed by atoms with Gasteiger partial charge in [-0.2, -0.15) is 0 Å². The number of hydrogen-bond acceptors (Lipinski definition) is 6. The van der Waals surface area contributed by atoms with E-state index in [1.165, 1.54) is 17.2 Å². The Morgan fingerprint density at radius 2 is 2.09 bits per heavy atom. The number of anilines is 1. The normalized spacial score (nSPS) is 15.8. The molecular weight excluding hydrogens is 288 g/mol. The van der Waals surface area contributed by atoms with Gasteiger partial charge in [-0.05, 0) is 19.8 Å². The van der Waals surface area contributed by atoms with Crippen LogP contribution < -0.4 is 5.32 Å². The number of nitrogens with zero attached hydrogens (tertiary/aromatic N) is 3. The molecule has 2 aromatic heterocycles. The van der Waals surface area contributed by atoms with E-state index in [2.05, 4.69) is 20.2 Å². The molecule has 3 rings (SSSR count). The summed E-state index contributed by atoms with van der Waals surface area (Å²) in [6.07, 6.45) is 2.82. The zero-order chi connectivity index (χ0) is 15.5. The summed E-state index contributed by atoms with van der Waals surface area (Å²) in [5, 5.41) is 9.82. The Bertz CT molecular complexity index is 656. The van der Waals surface area contributed by atoms with Gasteiger partial charge >= 0.3 is 11.8 Å². The molecule has 8 nitrogen and oxygen atoms in total. The van der Waals surface area contributed by atoms with Crippen molar-refractivity contribution in [3.8, 4) is 0 Å². The summed E-state index contributed by atoms with van der Waals surface area (Å²) in [5.74, 6) is 0.0453. The molecule has 0 radical (unpaired) electrons. The number of carbonyl (C=O) groups is 2. The first-order valence-corrected chi connectivity index (χ1v) is 7.07. The summed E-state index contributed by atoms with van der Waals surface area (Å²) < 4.78 is 9.87. The average molecular weight is 304 g/mol. The molecule has 2 aromatic rings. The van der Waals surface area contributed by atoms with Crippen molar-refractivity contribution < 1.29 is 18.6 Å². The fraction of sp³-hybridized carbons (Fsp3) is 0.429. The van der Waals surface area contributed by atoms with Crippen LogP contribution in [0.1, 0.15) is 30.2 Å². The van der Waals surface area contributed by atoms with Crippen molar-refractivity contribution in [3.05, 3.63) is 29.9 Å². The van der Waals surface area contributed by atoms with Crippen LogP contribution in [0.2, 0.25) is 0 Å². The largest absolute Gasteiger partial charge is 0.363 e. The molecular formula is C14H16N4O4. The molecule has 0 saturated carbocycles. The number of rotatable bonds is 2. The van der Waals surface area contributed by atoms with E-state index in [1.54, 1.807) is 0 Å². The van der Waals surface area contributed by atoms with Crippen molar-refractivity contribution in [3.63, 3.8) is 0 Å². The number of amides is 2. The highest BCUT2D eigenvalue weighted by Crippen LogP contribution is 2.28. The predicted octanol–water partition coefficient (Wildman–Crippen LogP) is 1.32. The number of carbonyl (C=O) groups excluding carboxylic acids is 2. The molecule has 1 aliphatic rings. The molecule has 116 valence electrons. The second kappa shape index (κ2) is 6.00. The van der Waals surface area contributed by atoms with Gasteiger partial charge in [-0.25, -0.2) is 0 Å². The second-order valence-electron chi connectivity index (χ2n) is 5.28. The summed E-state index contributed by atoms with van der Waals surface area (Å²) in [6, 6.07) is 3.39. The molecule has 0 aliphatic carbocycles. The van der Waals surface area contributed by atoms with E-state index < -0.39 is 11.8 Å². The van der Waals surface area contributed by atoms with Crippen molar-refractivity contribution in [1.82, 2.24) is 15.2 Å². The van der Waals surface area contributed by atoms with Gasteiger partial charge in [0.2, 0.25) is 0 Å². The number of nitrogens with one attached hydrogen (secondary N) is 1. The maximum atomic E-state index is 12.1. The van der Waals surface area contributed by atoms with E-state index in [1.807, 2.05) is 13.0 Å². The highest BCUT2D eigenvalue weighted by Gasteiger charge is 2.29. The number of piperidine rings is 1. The van der Waals surface area contributed by atoms with Crippen LogP contribution in [0, 0.1) is 6.92 Å². The minimum absolute atomic E-state index is 0.227. The smallest absolute Gasteiger partial charge is 0.315 e. The van der Waals surface area contributed by atoms with Crippen molar-refractivity contribution in [2.75, 3.05) is 18.4 Å². The van der Waals surface area contributed by atoms with Crippen LogP contribution in [-0.4, -0.2) is 40.1 Å². The molecule has 3 heterocycles. The highest BCUT2D eigenvalue weighted by molar-refractivity contribution is 6.39. The molecule has 22 heavy (non-hydrogen) atoms. The summed E-state index contributed by atoms with van der Waals surface area (Å²) in [4.78, 5) is 25.5. The second-order valence-corrected chi connectivity index (χ2v) is 5.28. The average Bonchev–Trinajstić information content (AvgIpc) is 3.18. The fourth-order valence-corrected chi connectivity index (χ4v) is 2.53. The van der Waals surface area contributed by atoms with Gasteiger partial charge in [-0.1, -0.05) is 10.3 Å². The highest BCUT2D eigenvalue weighted by atomic mass is 16.5. The van der Waals surface area contributed by atoms with Crippen molar-refractivity contribution >= 4 is 17.6 Å². The van der Waals surface area contributed by atoms with Crippen LogP contribution in [0.3, 0.4) is 0 Å². The summed E-state index contributed by atoms with van der Waals surface area (Å²) in [6.45, 7) is 2.89. The topological polar surface area (TPSA) is 101 Å². The Hall–Kier alpha value is -2.64. The predicted molar refractivity (Wildman–Crippen MR) is 74.9 cm³/mol. The molecule has 0 unspecified atom stereocenters.